The van der Waals surface area contributed by atoms with E-state index in [0.717, 1.165) is 25.8 Å². The maximum absolute atomic E-state index is 11.6. The fourth-order valence-electron chi connectivity index (χ4n) is 2.58. The highest BCUT2D eigenvalue weighted by Gasteiger charge is 2.15. The molecule has 0 aliphatic heterocycles. The van der Waals surface area contributed by atoms with Crippen molar-refractivity contribution in [2.45, 2.75) is 39.7 Å². The van der Waals surface area contributed by atoms with Crippen LogP contribution in [0.2, 0.25) is 0 Å². The lowest BCUT2D eigenvalue weighted by Crippen LogP contribution is -2.21. The van der Waals surface area contributed by atoms with Gasteiger partial charge >= 0.3 is 5.97 Å². The molecule has 0 bridgehead atoms. The standard InChI is InChI=1S/C22H25Br2NO5/c1-6-28-22(26)14(4)30-25-12-15-9-18(23)21(19(24)10-15)29-16-7-8-20(27-5)17(11-16)13(2)3/h7-14H,6H2,1-5H3. The molecule has 0 heterocycles. The van der Waals surface area contributed by atoms with Gasteiger partial charge in [0.1, 0.15) is 11.5 Å². The summed E-state index contributed by atoms with van der Waals surface area (Å²) in [5, 5.41) is 3.87. The van der Waals surface area contributed by atoms with E-state index in [9.17, 15) is 4.79 Å². The van der Waals surface area contributed by atoms with Crippen molar-refractivity contribution in [3.63, 3.8) is 0 Å². The molecule has 2 aromatic rings. The minimum Gasteiger partial charge on any atom is -0.496 e. The van der Waals surface area contributed by atoms with E-state index in [0.29, 0.717) is 24.0 Å². The van der Waals surface area contributed by atoms with Gasteiger partial charge in [-0.1, -0.05) is 19.0 Å². The molecule has 0 aliphatic rings. The monoisotopic (exact) mass is 541 g/mol. The van der Waals surface area contributed by atoms with Crippen molar-refractivity contribution in [2.24, 2.45) is 5.16 Å². The molecule has 6 nitrogen and oxygen atoms in total. The van der Waals surface area contributed by atoms with Gasteiger partial charge in [0, 0.05) is 5.56 Å². The first-order chi connectivity index (χ1) is 14.3. The van der Waals surface area contributed by atoms with Crippen LogP contribution in [0.3, 0.4) is 0 Å². The third kappa shape index (κ3) is 6.47. The summed E-state index contributed by atoms with van der Waals surface area (Å²) in [6, 6.07) is 9.42. The highest BCUT2D eigenvalue weighted by Crippen LogP contribution is 2.39. The van der Waals surface area contributed by atoms with Crippen molar-refractivity contribution < 1.29 is 23.8 Å². The lowest BCUT2D eigenvalue weighted by molar-refractivity contribution is -0.155. The van der Waals surface area contributed by atoms with E-state index in [1.165, 1.54) is 6.21 Å². The zero-order valence-corrected chi connectivity index (χ0v) is 20.7. The quantitative estimate of drug-likeness (QED) is 0.207. The van der Waals surface area contributed by atoms with Gasteiger partial charge in [-0.25, -0.2) is 4.79 Å². The van der Waals surface area contributed by atoms with Crippen LogP contribution >= 0.6 is 31.9 Å². The molecule has 2 rings (SSSR count). The molecule has 0 saturated heterocycles. The van der Waals surface area contributed by atoms with Crippen LogP contribution in [0, 0.1) is 0 Å². The molecule has 0 aromatic heterocycles. The number of halogens is 2. The van der Waals surface area contributed by atoms with E-state index < -0.39 is 12.1 Å². The van der Waals surface area contributed by atoms with Gasteiger partial charge in [0.05, 0.1) is 28.9 Å². The highest BCUT2D eigenvalue weighted by molar-refractivity contribution is 9.11. The summed E-state index contributed by atoms with van der Waals surface area (Å²) in [6.45, 7) is 7.82. The second kappa shape index (κ2) is 11.4. The largest absolute Gasteiger partial charge is 0.496 e. The molecule has 0 N–H and O–H groups in total. The highest BCUT2D eigenvalue weighted by atomic mass is 79.9. The number of nitrogens with zero attached hydrogens (tertiary/aromatic N) is 1. The predicted octanol–water partition coefficient (Wildman–Crippen LogP) is 6.44. The van der Waals surface area contributed by atoms with Crippen LogP contribution in [0.25, 0.3) is 0 Å². The van der Waals surface area contributed by atoms with Crippen molar-refractivity contribution in [3.8, 4) is 17.2 Å². The smallest absolute Gasteiger partial charge is 0.349 e. The molecule has 0 amide bonds. The Hall–Kier alpha value is -2.06. The summed E-state index contributed by atoms with van der Waals surface area (Å²) in [7, 11) is 1.66. The van der Waals surface area contributed by atoms with Gasteiger partial charge < -0.3 is 19.0 Å². The minimum absolute atomic E-state index is 0.296. The second-order valence-corrected chi connectivity index (χ2v) is 8.42. The van der Waals surface area contributed by atoms with Crippen LogP contribution in [0.5, 0.6) is 17.2 Å². The number of hydrogen-bond donors (Lipinski definition) is 0. The summed E-state index contributed by atoms with van der Waals surface area (Å²) in [6.07, 6.45) is 0.736. The molecule has 2 aromatic carbocycles. The lowest BCUT2D eigenvalue weighted by atomic mass is 10.0. The summed E-state index contributed by atoms with van der Waals surface area (Å²) >= 11 is 7.08. The zero-order chi connectivity index (χ0) is 22.3. The SMILES string of the molecule is CCOC(=O)C(C)ON=Cc1cc(Br)c(Oc2ccc(OC)c(C(C)C)c2)c(Br)c1. The van der Waals surface area contributed by atoms with Gasteiger partial charge in [0.2, 0.25) is 6.10 Å². The van der Waals surface area contributed by atoms with Gasteiger partial charge in [-0.15, -0.1) is 0 Å². The van der Waals surface area contributed by atoms with Gasteiger partial charge in [0.15, 0.2) is 5.75 Å². The normalized spacial score (nSPS) is 12.1. The van der Waals surface area contributed by atoms with E-state index >= 15 is 0 Å². The first-order valence-electron chi connectivity index (χ1n) is 9.47. The molecule has 8 heteroatoms. The van der Waals surface area contributed by atoms with Crippen molar-refractivity contribution in [1.29, 1.82) is 0 Å². The molecule has 0 radical (unpaired) electrons. The van der Waals surface area contributed by atoms with Crippen LogP contribution in [-0.4, -0.2) is 32.0 Å². The van der Waals surface area contributed by atoms with Crippen molar-refractivity contribution in [3.05, 3.63) is 50.4 Å². The maximum Gasteiger partial charge on any atom is 0.349 e. The Balaban J connectivity index is 2.16. The number of carbonyl (C=O) groups excluding carboxylic acids is 1. The van der Waals surface area contributed by atoms with Gasteiger partial charge in [0.25, 0.3) is 0 Å². The van der Waals surface area contributed by atoms with E-state index in [2.05, 4.69) is 50.9 Å². The van der Waals surface area contributed by atoms with Crippen LogP contribution in [0.1, 0.15) is 44.7 Å². The van der Waals surface area contributed by atoms with E-state index in [4.69, 9.17) is 19.0 Å². The molecule has 0 aliphatic carbocycles. The van der Waals surface area contributed by atoms with E-state index in [1.54, 1.807) is 21.0 Å². The average molecular weight is 543 g/mol. The first kappa shape index (κ1) is 24.2. The Morgan fingerprint density at radius 1 is 1.13 bits per heavy atom. The number of rotatable bonds is 9. The number of methoxy groups -OCH3 is 1. The molecule has 1 atom stereocenters. The molecular weight excluding hydrogens is 518 g/mol. The maximum atomic E-state index is 11.6. The Bertz CT molecular complexity index is 891. The van der Waals surface area contributed by atoms with Crippen molar-refractivity contribution in [1.82, 2.24) is 0 Å². The summed E-state index contributed by atoms with van der Waals surface area (Å²) in [5.74, 6) is 2.01. The summed E-state index contributed by atoms with van der Waals surface area (Å²) in [5.41, 5.74) is 1.83. The van der Waals surface area contributed by atoms with Gasteiger partial charge in [-0.2, -0.15) is 0 Å². The van der Waals surface area contributed by atoms with Crippen LogP contribution in [0.4, 0.5) is 0 Å². The Morgan fingerprint density at radius 2 is 1.80 bits per heavy atom. The topological polar surface area (TPSA) is 66.4 Å². The fraction of sp³-hybridized carbons (Fsp3) is 0.364. The van der Waals surface area contributed by atoms with Crippen molar-refractivity contribution in [2.75, 3.05) is 13.7 Å². The Labute approximate surface area is 193 Å². The van der Waals surface area contributed by atoms with Crippen LogP contribution < -0.4 is 9.47 Å². The Morgan fingerprint density at radius 3 is 2.37 bits per heavy atom. The van der Waals surface area contributed by atoms with Crippen molar-refractivity contribution >= 4 is 44.0 Å². The van der Waals surface area contributed by atoms with E-state index in [1.807, 2.05) is 30.3 Å². The van der Waals surface area contributed by atoms with Crippen LogP contribution in [-0.2, 0) is 14.4 Å². The number of oxime groups is 1. The summed E-state index contributed by atoms with van der Waals surface area (Å²) < 4.78 is 17.9. The predicted molar refractivity (Wildman–Crippen MR) is 124 cm³/mol. The number of ether oxygens (including phenoxy) is 3. The minimum atomic E-state index is -0.777. The number of hydrogen-bond acceptors (Lipinski definition) is 6. The van der Waals surface area contributed by atoms with Gasteiger partial charge in [-0.05, 0) is 87.5 Å². The molecule has 0 saturated carbocycles. The second-order valence-electron chi connectivity index (χ2n) is 6.71. The number of benzene rings is 2. The third-order valence-electron chi connectivity index (χ3n) is 4.10. The van der Waals surface area contributed by atoms with Crippen LogP contribution in [0.15, 0.2) is 44.4 Å². The lowest BCUT2D eigenvalue weighted by Gasteiger charge is -2.15. The molecule has 0 spiro atoms. The third-order valence-corrected chi connectivity index (χ3v) is 5.28. The Kier molecular flexibility index (Phi) is 9.17. The first-order valence-corrected chi connectivity index (χ1v) is 11.1. The van der Waals surface area contributed by atoms with E-state index in [-0.39, 0.29) is 0 Å². The molecule has 162 valence electrons. The molecule has 0 fully saturated rings. The molecular formula is C22H25Br2NO5. The fourth-order valence-corrected chi connectivity index (χ4v) is 3.97. The summed E-state index contributed by atoms with van der Waals surface area (Å²) in [4.78, 5) is 16.7. The number of carbonyl (C=O) groups is 1. The number of esters is 1. The molecule has 1 unspecified atom stereocenters. The van der Waals surface area contributed by atoms with Gasteiger partial charge in [-0.3, -0.25) is 0 Å². The molecule has 30 heavy (non-hydrogen) atoms. The average Bonchev–Trinajstić information content (AvgIpc) is 2.70. The zero-order valence-electron chi connectivity index (χ0n) is 17.6.